The number of nitrogens with two attached hydrogens (primary N) is 1. The van der Waals surface area contributed by atoms with Gasteiger partial charge in [-0.3, -0.25) is 0 Å². The predicted molar refractivity (Wildman–Crippen MR) is 174 cm³/mol. The van der Waals surface area contributed by atoms with Crippen LogP contribution in [0.15, 0.2) is 97.5 Å². The average Bonchev–Trinajstić information content (AvgIpc) is 3.57. The minimum atomic E-state index is -0.907. The number of rotatable bonds is 13. The van der Waals surface area contributed by atoms with Crippen LogP contribution < -0.4 is 21.1 Å². The van der Waals surface area contributed by atoms with E-state index in [2.05, 4.69) is 32.7 Å². The van der Waals surface area contributed by atoms with Crippen molar-refractivity contribution in [2.45, 2.75) is 37.5 Å². The van der Waals surface area contributed by atoms with Gasteiger partial charge in [0.1, 0.15) is 35.4 Å². The zero-order chi connectivity index (χ0) is 30.3. The Bertz CT molecular complexity index is 1640. The smallest absolute Gasteiger partial charge is 0.146 e. The van der Waals surface area contributed by atoms with E-state index in [4.69, 9.17) is 10.5 Å². The molecule has 0 unspecified atom stereocenters. The van der Waals surface area contributed by atoms with Crippen LogP contribution in [0.4, 0.5) is 5.82 Å². The Kier molecular flexibility index (Phi) is 9.48. The molecule has 1 aliphatic rings. The number of nitrogen functional groups attached to an aromatic ring is 1. The molecule has 1 saturated carbocycles. The molecular weight excluding hydrogens is 552 g/mol. The summed E-state index contributed by atoms with van der Waals surface area (Å²) >= 11 is 0. The van der Waals surface area contributed by atoms with Crippen molar-refractivity contribution in [3.8, 4) is 22.6 Å². The number of ether oxygens (including phenoxy) is 1. The quantitative estimate of drug-likeness (QED) is 0.126. The van der Waals surface area contributed by atoms with Gasteiger partial charge in [0.25, 0.3) is 0 Å². The van der Waals surface area contributed by atoms with Crippen molar-refractivity contribution >= 4 is 16.9 Å². The van der Waals surface area contributed by atoms with Crippen LogP contribution in [0, 0.1) is 5.92 Å². The maximum atomic E-state index is 11.1. The summed E-state index contributed by atoms with van der Waals surface area (Å²) in [5.41, 5.74) is 10.1. The Morgan fingerprint density at radius 3 is 2.41 bits per heavy atom. The number of nitrogens with zero attached hydrogens (tertiary/aromatic N) is 3. The Labute approximate surface area is 257 Å². The van der Waals surface area contributed by atoms with Crippen LogP contribution in [-0.4, -0.2) is 63.1 Å². The fourth-order valence-electron chi connectivity index (χ4n) is 6.15. The minimum absolute atomic E-state index is 0.0786. The summed E-state index contributed by atoms with van der Waals surface area (Å²) in [4.78, 5) is 8.73. The Morgan fingerprint density at radius 1 is 0.841 bits per heavy atom. The van der Waals surface area contributed by atoms with Crippen molar-refractivity contribution in [2.24, 2.45) is 5.92 Å². The molecule has 5 aromatic rings. The molecule has 3 aromatic carbocycles. The third kappa shape index (κ3) is 6.76. The van der Waals surface area contributed by atoms with Crippen molar-refractivity contribution in [1.29, 1.82) is 0 Å². The standard InChI is InChI=1S/C35H40N6O3/c36-34-31-29(25-10-3-1-4-11-25)22-41(35(31)40-23-39-34)30-20-26(32(42)33(30)43)21-38-17-8-16-37-18-15-24-9-7-14-28(19-24)44-27-12-5-2-6-13-27/h1-7,9-14,19,22-23,26,30,32-33,37-38,42-43H,8,15-18,20-21H2,(H2,36,39,40)/t26-,30-,32-,33+/m1/s1. The molecule has 2 aromatic heterocycles. The molecule has 0 bridgehead atoms. The number of aliphatic hydroxyl groups is 2. The summed E-state index contributed by atoms with van der Waals surface area (Å²) in [5.74, 6) is 2.00. The Balaban J connectivity index is 0.962. The molecule has 9 heteroatoms. The van der Waals surface area contributed by atoms with Gasteiger partial charge < -0.3 is 35.9 Å². The Morgan fingerprint density at radius 2 is 1.59 bits per heavy atom. The van der Waals surface area contributed by atoms with Crippen LogP contribution in [0.25, 0.3) is 22.2 Å². The number of fused-ring (bicyclic) bond motifs is 1. The number of aliphatic hydroxyl groups excluding tert-OH is 2. The molecule has 0 amide bonds. The second-order valence-electron chi connectivity index (χ2n) is 11.4. The zero-order valence-electron chi connectivity index (χ0n) is 24.7. The average molecular weight is 593 g/mol. The number of hydrogen-bond donors (Lipinski definition) is 5. The maximum absolute atomic E-state index is 11.1. The molecule has 0 spiro atoms. The maximum Gasteiger partial charge on any atom is 0.146 e. The first-order valence-corrected chi connectivity index (χ1v) is 15.3. The van der Waals surface area contributed by atoms with Gasteiger partial charge in [0, 0.05) is 24.2 Å². The molecule has 4 atom stereocenters. The largest absolute Gasteiger partial charge is 0.457 e. The molecular formula is C35H40N6O3. The first-order chi connectivity index (χ1) is 21.6. The summed E-state index contributed by atoms with van der Waals surface area (Å²) in [6.07, 6.45) is 4.21. The van der Waals surface area contributed by atoms with Gasteiger partial charge in [-0.05, 0) is 74.3 Å². The van der Waals surface area contributed by atoms with E-state index >= 15 is 0 Å². The van der Waals surface area contributed by atoms with Crippen molar-refractivity contribution in [3.05, 3.63) is 103 Å². The molecule has 1 fully saturated rings. The third-order valence-corrected chi connectivity index (χ3v) is 8.43. The van der Waals surface area contributed by atoms with Crippen LogP contribution in [-0.2, 0) is 6.42 Å². The topological polar surface area (TPSA) is 130 Å². The fourth-order valence-corrected chi connectivity index (χ4v) is 6.15. The lowest BCUT2D eigenvalue weighted by molar-refractivity contribution is 0.00695. The summed E-state index contributed by atoms with van der Waals surface area (Å²) in [6, 6.07) is 27.7. The monoisotopic (exact) mass is 592 g/mol. The first kappa shape index (κ1) is 29.8. The second kappa shape index (κ2) is 14.0. The Hall–Kier alpha value is -4.28. The van der Waals surface area contributed by atoms with Crippen molar-refractivity contribution in [2.75, 3.05) is 31.9 Å². The molecule has 0 radical (unpaired) electrons. The van der Waals surface area contributed by atoms with E-state index in [0.717, 1.165) is 60.5 Å². The lowest BCUT2D eigenvalue weighted by Gasteiger charge is -2.19. The van der Waals surface area contributed by atoms with Crippen LogP contribution in [0.2, 0.25) is 0 Å². The molecule has 9 nitrogen and oxygen atoms in total. The highest BCUT2D eigenvalue weighted by Gasteiger charge is 2.42. The highest BCUT2D eigenvalue weighted by Crippen LogP contribution is 2.41. The molecule has 0 aliphatic heterocycles. The van der Waals surface area contributed by atoms with Gasteiger partial charge >= 0.3 is 0 Å². The third-order valence-electron chi connectivity index (χ3n) is 8.43. The van der Waals surface area contributed by atoms with E-state index in [-0.39, 0.29) is 12.0 Å². The number of benzene rings is 3. The van der Waals surface area contributed by atoms with Crippen molar-refractivity contribution < 1.29 is 14.9 Å². The molecule has 44 heavy (non-hydrogen) atoms. The second-order valence-corrected chi connectivity index (χ2v) is 11.4. The van der Waals surface area contributed by atoms with Crippen molar-refractivity contribution in [3.63, 3.8) is 0 Å². The van der Waals surface area contributed by atoms with Gasteiger partial charge in [-0.1, -0.05) is 60.7 Å². The number of aromatic nitrogens is 3. The van der Waals surface area contributed by atoms with Gasteiger partial charge in [-0.15, -0.1) is 0 Å². The normalized spacial score (nSPS) is 19.9. The van der Waals surface area contributed by atoms with Gasteiger partial charge in [0.15, 0.2) is 0 Å². The van der Waals surface area contributed by atoms with Crippen LogP contribution in [0.3, 0.4) is 0 Å². The van der Waals surface area contributed by atoms with Gasteiger partial charge in [-0.25, -0.2) is 9.97 Å². The highest BCUT2D eigenvalue weighted by atomic mass is 16.5. The molecule has 1 aliphatic carbocycles. The van der Waals surface area contributed by atoms with E-state index in [0.29, 0.717) is 24.4 Å². The van der Waals surface area contributed by atoms with E-state index in [1.54, 1.807) is 0 Å². The lowest BCUT2D eigenvalue weighted by Crippen LogP contribution is -2.34. The summed E-state index contributed by atoms with van der Waals surface area (Å²) < 4.78 is 7.92. The minimum Gasteiger partial charge on any atom is -0.457 e. The van der Waals surface area contributed by atoms with Crippen molar-refractivity contribution in [1.82, 2.24) is 25.2 Å². The van der Waals surface area contributed by atoms with E-state index in [9.17, 15) is 10.2 Å². The molecule has 0 saturated heterocycles. The molecule has 228 valence electrons. The van der Waals surface area contributed by atoms with Gasteiger partial charge in [0.05, 0.1) is 17.5 Å². The van der Waals surface area contributed by atoms with E-state index in [1.807, 2.05) is 83.6 Å². The zero-order valence-corrected chi connectivity index (χ0v) is 24.7. The van der Waals surface area contributed by atoms with Crippen LogP contribution in [0.1, 0.15) is 24.4 Å². The molecule has 6 N–H and O–H groups in total. The van der Waals surface area contributed by atoms with Crippen LogP contribution >= 0.6 is 0 Å². The molecule has 2 heterocycles. The summed E-state index contributed by atoms with van der Waals surface area (Å²) in [5, 5.41) is 29.8. The van der Waals surface area contributed by atoms with E-state index < -0.39 is 12.2 Å². The first-order valence-electron chi connectivity index (χ1n) is 15.3. The van der Waals surface area contributed by atoms with Crippen LogP contribution in [0.5, 0.6) is 11.5 Å². The molecule has 6 rings (SSSR count). The number of para-hydroxylation sites is 1. The fraction of sp³-hybridized carbons (Fsp3) is 0.314. The van der Waals surface area contributed by atoms with E-state index in [1.165, 1.54) is 11.9 Å². The number of hydrogen-bond acceptors (Lipinski definition) is 8. The number of anilines is 1. The highest BCUT2D eigenvalue weighted by molar-refractivity contribution is 6.00. The van der Waals surface area contributed by atoms with Gasteiger partial charge in [-0.2, -0.15) is 0 Å². The summed E-state index contributed by atoms with van der Waals surface area (Å²) in [7, 11) is 0. The lowest BCUT2D eigenvalue weighted by atomic mass is 10.1. The summed E-state index contributed by atoms with van der Waals surface area (Å²) in [6.45, 7) is 3.23. The predicted octanol–water partition coefficient (Wildman–Crippen LogP) is 4.57. The van der Waals surface area contributed by atoms with Gasteiger partial charge in [0.2, 0.25) is 0 Å². The SMILES string of the molecule is Nc1ncnc2c1c(-c1ccccc1)cn2[C@@H]1C[C@H](CNCCCNCCc2cccc(Oc3ccccc3)c2)[C@@H](O)[C@H]1O. The number of nitrogens with one attached hydrogen (secondary N) is 2.